The SMILES string of the molecule is Cc1ccccc1Sc1ccc(C=O)cc1Cl. The van der Waals surface area contributed by atoms with Crippen LogP contribution in [0.2, 0.25) is 5.02 Å². The summed E-state index contributed by atoms with van der Waals surface area (Å²) in [5.41, 5.74) is 1.82. The van der Waals surface area contributed by atoms with E-state index in [0.29, 0.717) is 10.6 Å². The van der Waals surface area contributed by atoms with Crippen molar-refractivity contribution in [3.63, 3.8) is 0 Å². The Hall–Kier alpha value is -1.25. The third-order valence-electron chi connectivity index (χ3n) is 2.41. The second kappa shape index (κ2) is 5.39. The van der Waals surface area contributed by atoms with E-state index in [1.54, 1.807) is 23.9 Å². The zero-order valence-electron chi connectivity index (χ0n) is 9.31. The van der Waals surface area contributed by atoms with Crippen LogP contribution in [0.1, 0.15) is 15.9 Å². The van der Waals surface area contributed by atoms with Gasteiger partial charge >= 0.3 is 0 Å². The molecule has 0 heterocycles. The van der Waals surface area contributed by atoms with Crippen molar-refractivity contribution in [3.05, 3.63) is 58.6 Å². The zero-order chi connectivity index (χ0) is 12.3. The van der Waals surface area contributed by atoms with E-state index in [-0.39, 0.29) is 0 Å². The topological polar surface area (TPSA) is 17.1 Å². The molecule has 86 valence electrons. The van der Waals surface area contributed by atoms with Gasteiger partial charge in [0.2, 0.25) is 0 Å². The van der Waals surface area contributed by atoms with Gasteiger partial charge in [-0.3, -0.25) is 4.79 Å². The fourth-order valence-corrected chi connectivity index (χ4v) is 2.67. The summed E-state index contributed by atoms with van der Waals surface area (Å²) >= 11 is 7.74. The molecule has 0 saturated heterocycles. The predicted molar refractivity (Wildman–Crippen MR) is 72.1 cm³/mol. The van der Waals surface area contributed by atoms with Crippen LogP contribution >= 0.6 is 23.4 Å². The van der Waals surface area contributed by atoms with Crippen molar-refractivity contribution in [1.82, 2.24) is 0 Å². The number of benzene rings is 2. The molecule has 0 radical (unpaired) electrons. The van der Waals surface area contributed by atoms with Crippen LogP contribution in [0.5, 0.6) is 0 Å². The highest BCUT2D eigenvalue weighted by Crippen LogP contribution is 2.35. The summed E-state index contributed by atoms with van der Waals surface area (Å²) in [6.07, 6.45) is 0.800. The van der Waals surface area contributed by atoms with E-state index in [0.717, 1.165) is 11.2 Å². The lowest BCUT2D eigenvalue weighted by atomic mass is 10.2. The van der Waals surface area contributed by atoms with Crippen LogP contribution in [0.25, 0.3) is 0 Å². The summed E-state index contributed by atoms with van der Waals surface area (Å²) in [6.45, 7) is 2.07. The second-order valence-electron chi connectivity index (χ2n) is 3.68. The van der Waals surface area contributed by atoms with Gasteiger partial charge < -0.3 is 0 Å². The Balaban J connectivity index is 2.31. The fourth-order valence-electron chi connectivity index (χ4n) is 1.46. The number of halogens is 1. The van der Waals surface area contributed by atoms with E-state index in [1.165, 1.54) is 10.5 Å². The smallest absolute Gasteiger partial charge is 0.150 e. The van der Waals surface area contributed by atoms with Gasteiger partial charge in [-0.2, -0.15) is 0 Å². The van der Waals surface area contributed by atoms with Gasteiger partial charge in [0.1, 0.15) is 6.29 Å². The maximum atomic E-state index is 10.6. The Morgan fingerprint density at radius 1 is 1.12 bits per heavy atom. The van der Waals surface area contributed by atoms with Crippen molar-refractivity contribution in [1.29, 1.82) is 0 Å². The monoisotopic (exact) mass is 262 g/mol. The number of hydrogen-bond acceptors (Lipinski definition) is 2. The van der Waals surface area contributed by atoms with E-state index in [2.05, 4.69) is 19.1 Å². The molecule has 0 fully saturated rings. The third kappa shape index (κ3) is 2.90. The van der Waals surface area contributed by atoms with Crippen LogP contribution in [0.15, 0.2) is 52.3 Å². The first-order valence-corrected chi connectivity index (χ1v) is 6.38. The molecule has 0 atom stereocenters. The van der Waals surface area contributed by atoms with Crippen molar-refractivity contribution >= 4 is 29.6 Å². The first kappa shape index (κ1) is 12.2. The molecule has 0 spiro atoms. The van der Waals surface area contributed by atoms with Crippen molar-refractivity contribution in [3.8, 4) is 0 Å². The van der Waals surface area contributed by atoms with E-state index in [4.69, 9.17) is 11.6 Å². The molecule has 0 unspecified atom stereocenters. The maximum Gasteiger partial charge on any atom is 0.150 e. The van der Waals surface area contributed by atoms with Crippen LogP contribution in [0.4, 0.5) is 0 Å². The highest BCUT2D eigenvalue weighted by Gasteiger charge is 2.05. The lowest BCUT2D eigenvalue weighted by molar-refractivity contribution is 0.112. The van der Waals surface area contributed by atoms with Crippen LogP contribution in [-0.2, 0) is 0 Å². The zero-order valence-corrected chi connectivity index (χ0v) is 10.9. The number of carbonyl (C=O) groups is 1. The highest BCUT2D eigenvalue weighted by atomic mass is 35.5. The van der Waals surface area contributed by atoms with Crippen molar-refractivity contribution in [2.75, 3.05) is 0 Å². The molecular weight excluding hydrogens is 252 g/mol. The maximum absolute atomic E-state index is 10.6. The minimum atomic E-state index is 0.601. The van der Waals surface area contributed by atoms with Gasteiger partial charge in [-0.05, 0) is 30.7 Å². The van der Waals surface area contributed by atoms with Gasteiger partial charge in [0.05, 0.1) is 5.02 Å². The standard InChI is InChI=1S/C14H11ClOS/c1-10-4-2-3-5-13(10)17-14-7-6-11(9-16)8-12(14)15/h2-9H,1H3. The predicted octanol–water partition coefficient (Wildman–Crippen LogP) is 4.61. The summed E-state index contributed by atoms with van der Waals surface area (Å²) in [5, 5.41) is 0.614. The van der Waals surface area contributed by atoms with E-state index in [9.17, 15) is 4.79 Å². The summed E-state index contributed by atoms with van der Waals surface area (Å²) in [6, 6.07) is 13.5. The first-order valence-electron chi connectivity index (χ1n) is 5.19. The van der Waals surface area contributed by atoms with Crippen molar-refractivity contribution in [2.45, 2.75) is 16.7 Å². The van der Waals surface area contributed by atoms with Gasteiger partial charge in [-0.25, -0.2) is 0 Å². The Kier molecular flexibility index (Phi) is 3.87. The fraction of sp³-hybridized carbons (Fsp3) is 0.0714. The molecule has 2 aromatic carbocycles. The lowest BCUT2D eigenvalue weighted by Crippen LogP contribution is -1.83. The van der Waals surface area contributed by atoms with E-state index >= 15 is 0 Å². The minimum Gasteiger partial charge on any atom is -0.298 e. The molecule has 1 nitrogen and oxygen atoms in total. The number of hydrogen-bond donors (Lipinski definition) is 0. The van der Waals surface area contributed by atoms with Gasteiger partial charge in [0, 0.05) is 15.4 Å². The first-order chi connectivity index (χ1) is 8.20. The van der Waals surface area contributed by atoms with Gasteiger partial charge in [-0.1, -0.05) is 47.6 Å². The van der Waals surface area contributed by atoms with E-state index in [1.807, 2.05) is 18.2 Å². The molecule has 0 bridgehead atoms. The molecule has 2 aromatic rings. The normalized spacial score (nSPS) is 10.2. The number of rotatable bonds is 3. The highest BCUT2D eigenvalue weighted by molar-refractivity contribution is 7.99. The second-order valence-corrected chi connectivity index (χ2v) is 5.17. The molecule has 0 aliphatic rings. The van der Waals surface area contributed by atoms with Crippen LogP contribution < -0.4 is 0 Å². The lowest BCUT2D eigenvalue weighted by Gasteiger charge is -2.07. The average Bonchev–Trinajstić information content (AvgIpc) is 2.34. The molecular formula is C14H11ClOS. The number of aldehydes is 1. The average molecular weight is 263 g/mol. The molecule has 0 N–H and O–H groups in total. The van der Waals surface area contributed by atoms with Crippen LogP contribution in [0.3, 0.4) is 0 Å². The van der Waals surface area contributed by atoms with Gasteiger partial charge in [0.25, 0.3) is 0 Å². The number of aryl methyl sites for hydroxylation is 1. The quantitative estimate of drug-likeness (QED) is 0.752. The molecule has 3 heteroatoms. The summed E-state index contributed by atoms with van der Waals surface area (Å²) < 4.78 is 0. The van der Waals surface area contributed by atoms with E-state index < -0.39 is 0 Å². The molecule has 0 aromatic heterocycles. The van der Waals surface area contributed by atoms with Crippen LogP contribution in [0, 0.1) is 6.92 Å². The van der Waals surface area contributed by atoms with Gasteiger partial charge in [-0.15, -0.1) is 0 Å². The molecule has 0 aliphatic heterocycles. The van der Waals surface area contributed by atoms with Gasteiger partial charge in [0.15, 0.2) is 0 Å². The van der Waals surface area contributed by atoms with Crippen molar-refractivity contribution < 1.29 is 4.79 Å². The molecule has 17 heavy (non-hydrogen) atoms. The van der Waals surface area contributed by atoms with Crippen molar-refractivity contribution in [2.24, 2.45) is 0 Å². The minimum absolute atomic E-state index is 0.601. The summed E-state index contributed by atoms with van der Waals surface area (Å²) in [4.78, 5) is 12.8. The summed E-state index contributed by atoms with van der Waals surface area (Å²) in [7, 11) is 0. The molecule has 0 saturated carbocycles. The largest absolute Gasteiger partial charge is 0.298 e. The molecule has 0 aliphatic carbocycles. The Labute approximate surface area is 110 Å². The molecule has 0 amide bonds. The Bertz CT molecular complexity index is 552. The number of carbonyl (C=O) groups excluding carboxylic acids is 1. The Morgan fingerprint density at radius 3 is 2.53 bits per heavy atom. The van der Waals surface area contributed by atoms with Crippen LogP contribution in [-0.4, -0.2) is 6.29 Å². The Morgan fingerprint density at radius 2 is 1.88 bits per heavy atom. The third-order valence-corrected chi connectivity index (χ3v) is 4.08. The summed E-state index contributed by atoms with van der Waals surface area (Å²) in [5.74, 6) is 0. The molecule has 2 rings (SSSR count).